The van der Waals surface area contributed by atoms with E-state index in [2.05, 4.69) is 15.9 Å². The van der Waals surface area contributed by atoms with Crippen molar-refractivity contribution in [1.82, 2.24) is 0 Å². The topological polar surface area (TPSA) is 35.2 Å². The quantitative estimate of drug-likeness (QED) is 0.869. The van der Waals surface area contributed by atoms with Crippen LogP contribution in [0.15, 0.2) is 46.9 Å². The lowest BCUT2D eigenvalue weighted by molar-refractivity contribution is 0.479. The molecule has 2 nitrogen and oxygen atoms in total. The summed E-state index contributed by atoms with van der Waals surface area (Å²) in [6, 6.07) is 13.2. The number of halogens is 2. The zero-order valence-electron chi connectivity index (χ0n) is 9.86. The van der Waals surface area contributed by atoms with Crippen LogP contribution in [0.3, 0.4) is 0 Å². The minimum absolute atomic E-state index is 0.0290. The first-order chi connectivity index (χ1) is 8.56. The zero-order chi connectivity index (χ0) is 13.1. The maximum atomic E-state index is 5.88. The van der Waals surface area contributed by atoms with Crippen molar-refractivity contribution in [2.24, 2.45) is 5.73 Å². The molecule has 18 heavy (non-hydrogen) atoms. The largest absolute Gasteiger partial charge is 0.456 e. The van der Waals surface area contributed by atoms with Crippen LogP contribution >= 0.6 is 27.5 Å². The third kappa shape index (κ3) is 3.25. The number of nitrogens with two attached hydrogens (primary N) is 1. The van der Waals surface area contributed by atoms with E-state index in [9.17, 15) is 0 Å². The highest BCUT2D eigenvalue weighted by Gasteiger charge is 2.04. The second-order valence-electron chi connectivity index (χ2n) is 4.03. The fourth-order valence-corrected chi connectivity index (χ4v) is 2.29. The molecule has 2 aromatic rings. The number of benzene rings is 2. The van der Waals surface area contributed by atoms with Crippen LogP contribution in [0.5, 0.6) is 11.5 Å². The number of hydrogen-bond donors (Lipinski definition) is 1. The van der Waals surface area contributed by atoms with Crippen molar-refractivity contribution < 1.29 is 4.74 Å². The molecular weight excluding hydrogens is 314 g/mol. The second-order valence-corrected chi connectivity index (χ2v) is 5.33. The van der Waals surface area contributed by atoms with Gasteiger partial charge in [0, 0.05) is 11.1 Å². The van der Waals surface area contributed by atoms with E-state index in [0.29, 0.717) is 5.02 Å². The van der Waals surface area contributed by atoms with Crippen molar-refractivity contribution in [3.63, 3.8) is 0 Å². The smallest absolute Gasteiger partial charge is 0.141 e. The molecule has 0 amide bonds. The summed E-state index contributed by atoms with van der Waals surface area (Å²) in [5, 5.41) is 0.668. The summed E-state index contributed by atoms with van der Waals surface area (Å²) in [5.74, 6) is 1.50. The minimum atomic E-state index is 0.0290. The van der Waals surface area contributed by atoms with Crippen LogP contribution in [0.1, 0.15) is 18.5 Å². The lowest BCUT2D eigenvalue weighted by Crippen LogP contribution is -2.04. The fourth-order valence-electron chi connectivity index (χ4n) is 1.52. The Kier molecular flexibility index (Phi) is 4.27. The Morgan fingerprint density at radius 3 is 2.39 bits per heavy atom. The summed E-state index contributed by atoms with van der Waals surface area (Å²) >= 11 is 9.29. The van der Waals surface area contributed by atoms with Crippen molar-refractivity contribution in [3.8, 4) is 11.5 Å². The lowest BCUT2D eigenvalue weighted by Gasteiger charge is -2.10. The number of ether oxygens (including phenoxy) is 1. The van der Waals surface area contributed by atoms with Gasteiger partial charge in [-0.05, 0) is 58.7 Å². The van der Waals surface area contributed by atoms with Gasteiger partial charge in [-0.1, -0.05) is 23.7 Å². The molecule has 0 heterocycles. The van der Waals surface area contributed by atoms with E-state index >= 15 is 0 Å². The number of hydrogen-bond acceptors (Lipinski definition) is 2. The summed E-state index contributed by atoms with van der Waals surface area (Å²) in [4.78, 5) is 0. The highest BCUT2D eigenvalue weighted by Crippen LogP contribution is 2.32. The third-order valence-electron chi connectivity index (χ3n) is 2.53. The maximum absolute atomic E-state index is 5.88. The molecule has 0 saturated heterocycles. The van der Waals surface area contributed by atoms with E-state index in [1.54, 1.807) is 12.1 Å². The predicted octanol–water partition coefficient (Wildman–Crippen LogP) is 4.91. The van der Waals surface area contributed by atoms with Crippen LogP contribution in [0.25, 0.3) is 0 Å². The molecule has 2 rings (SSSR count). The standard InChI is InChI=1S/C14H13BrClNO/c1-9(17)10-2-5-12(6-3-10)18-14-7-4-11(16)8-13(14)15/h2-9H,17H2,1H3. The minimum Gasteiger partial charge on any atom is -0.456 e. The first-order valence-corrected chi connectivity index (χ1v) is 6.72. The van der Waals surface area contributed by atoms with Crippen LogP contribution in [0, 0.1) is 0 Å². The summed E-state index contributed by atoms with van der Waals surface area (Å²) in [5.41, 5.74) is 6.88. The van der Waals surface area contributed by atoms with E-state index < -0.39 is 0 Å². The summed E-state index contributed by atoms with van der Waals surface area (Å²) < 4.78 is 6.58. The van der Waals surface area contributed by atoms with Crippen molar-refractivity contribution in [2.45, 2.75) is 13.0 Å². The van der Waals surface area contributed by atoms with Gasteiger partial charge in [0.25, 0.3) is 0 Å². The molecular formula is C14H13BrClNO. The Labute approximate surface area is 120 Å². The van der Waals surface area contributed by atoms with Crippen LogP contribution < -0.4 is 10.5 Å². The van der Waals surface area contributed by atoms with Crippen LogP contribution in [0.4, 0.5) is 0 Å². The molecule has 0 aliphatic rings. The van der Waals surface area contributed by atoms with Gasteiger partial charge in [0.2, 0.25) is 0 Å². The molecule has 0 aliphatic carbocycles. The molecule has 0 aromatic heterocycles. The molecule has 0 radical (unpaired) electrons. The van der Waals surface area contributed by atoms with Gasteiger partial charge in [-0.2, -0.15) is 0 Å². The summed E-state index contributed by atoms with van der Waals surface area (Å²) in [6.07, 6.45) is 0. The highest BCUT2D eigenvalue weighted by atomic mass is 79.9. The Morgan fingerprint density at radius 1 is 1.17 bits per heavy atom. The molecule has 0 saturated carbocycles. The Hall–Kier alpha value is -1.03. The van der Waals surface area contributed by atoms with Gasteiger partial charge < -0.3 is 10.5 Å². The van der Waals surface area contributed by atoms with E-state index in [1.165, 1.54) is 0 Å². The van der Waals surface area contributed by atoms with Crippen LogP contribution in [0.2, 0.25) is 5.02 Å². The van der Waals surface area contributed by atoms with E-state index in [1.807, 2.05) is 37.3 Å². The molecule has 2 aromatic carbocycles. The molecule has 0 fully saturated rings. The first-order valence-electron chi connectivity index (χ1n) is 5.54. The molecule has 1 unspecified atom stereocenters. The van der Waals surface area contributed by atoms with Gasteiger partial charge in [-0.3, -0.25) is 0 Å². The Morgan fingerprint density at radius 2 is 1.83 bits per heavy atom. The van der Waals surface area contributed by atoms with Crippen molar-refractivity contribution >= 4 is 27.5 Å². The zero-order valence-corrected chi connectivity index (χ0v) is 12.2. The maximum Gasteiger partial charge on any atom is 0.141 e. The molecule has 0 spiro atoms. The van der Waals surface area contributed by atoms with Gasteiger partial charge in [-0.15, -0.1) is 0 Å². The van der Waals surface area contributed by atoms with Gasteiger partial charge in [0.15, 0.2) is 0 Å². The molecule has 4 heteroatoms. The average molecular weight is 327 g/mol. The first kappa shape index (κ1) is 13.4. The summed E-state index contributed by atoms with van der Waals surface area (Å²) in [7, 11) is 0. The van der Waals surface area contributed by atoms with Gasteiger partial charge in [0.1, 0.15) is 11.5 Å². The highest BCUT2D eigenvalue weighted by molar-refractivity contribution is 9.10. The van der Waals surface area contributed by atoms with Crippen molar-refractivity contribution in [2.75, 3.05) is 0 Å². The van der Waals surface area contributed by atoms with E-state index in [0.717, 1.165) is 21.5 Å². The van der Waals surface area contributed by atoms with Crippen LogP contribution in [-0.2, 0) is 0 Å². The van der Waals surface area contributed by atoms with Gasteiger partial charge >= 0.3 is 0 Å². The van der Waals surface area contributed by atoms with Crippen molar-refractivity contribution in [1.29, 1.82) is 0 Å². The second kappa shape index (κ2) is 5.74. The van der Waals surface area contributed by atoms with Gasteiger partial charge in [0.05, 0.1) is 4.47 Å². The molecule has 1 atom stereocenters. The fraction of sp³-hybridized carbons (Fsp3) is 0.143. The van der Waals surface area contributed by atoms with E-state index in [4.69, 9.17) is 22.1 Å². The van der Waals surface area contributed by atoms with Crippen molar-refractivity contribution in [3.05, 3.63) is 57.5 Å². The number of rotatable bonds is 3. The average Bonchev–Trinajstić information content (AvgIpc) is 2.33. The van der Waals surface area contributed by atoms with Crippen LogP contribution in [-0.4, -0.2) is 0 Å². The molecule has 94 valence electrons. The van der Waals surface area contributed by atoms with Gasteiger partial charge in [-0.25, -0.2) is 0 Å². The monoisotopic (exact) mass is 325 g/mol. The normalized spacial score (nSPS) is 12.2. The lowest BCUT2D eigenvalue weighted by atomic mass is 10.1. The molecule has 2 N–H and O–H groups in total. The Balaban J connectivity index is 2.18. The Bertz CT molecular complexity index is 540. The van der Waals surface area contributed by atoms with E-state index in [-0.39, 0.29) is 6.04 Å². The SMILES string of the molecule is CC(N)c1ccc(Oc2ccc(Cl)cc2Br)cc1. The molecule has 0 aliphatic heterocycles. The predicted molar refractivity (Wildman–Crippen MR) is 78.3 cm³/mol. The molecule has 0 bridgehead atoms. The summed E-state index contributed by atoms with van der Waals surface area (Å²) in [6.45, 7) is 1.95. The third-order valence-corrected chi connectivity index (χ3v) is 3.38.